The summed E-state index contributed by atoms with van der Waals surface area (Å²) in [6.45, 7) is 6.01. The van der Waals surface area contributed by atoms with Crippen molar-refractivity contribution >= 4 is 23.5 Å². The molecule has 2 rings (SSSR count). The Balaban J connectivity index is 2.19. The number of carboxylic acid groups (broad SMARTS) is 1. The van der Waals surface area contributed by atoms with Gasteiger partial charge < -0.3 is 15.3 Å². The van der Waals surface area contributed by atoms with E-state index in [1.165, 1.54) is 4.90 Å². The zero-order chi connectivity index (χ0) is 17.2. The molecule has 1 fully saturated rings. The number of amides is 2. The Labute approximate surface area is 135 Å². The maximum Gasteiger partial charge on any atom is 0.308 e. The van der Waals surface area contributed by atoms with E-state index in [9.17, 15) is 14.4 Å². The van der Waals surface area contributed by atoms with Crippen LogP contribution >= 0.6 is 0 Å². The molecule has 6 heteroatoms. The maximum atomic E-state index is 12.6. The van der Waals surface area contributed by atoms with Crippen molar-refractivity contribution in [2.75, 3.05) is 18.4 Å². The number of rotatable bonds is 3. The minimum atomic E-state index is -0.880. The highest BCUT2D eigenvalue weighted by Crippen LogP contribution is 2.24. The average molecular weight is 318 g/mol. The molecule has 124 valence electrons. The summed E-state index contributed by atoms with van der Waals surface area (Å²) < 4.78 is 0. The summed E-state index contributed by atoms with van der Waals surface area (Å²) in [6.07, 6.45) is 0.456. The predicted octanol–water partition coefficient (Wildman–Crippen LogP) is 2.22. The van der Waals surface area contributed by atoms with Crippen LogP contribution in [0, 0.1) is 11.3 Å². The largest absolute Gasteiger partial charge is 0.481 e. The van der Waals surface area contributed by atoms with E-state index in [-0.39, 0.29) is 18.4 Å². The van der Waals surface area contributed by atoms with E-state index in [2.05, 4.69) is 5.32 Å². The third-order valence-corrected chi connectivity index (χ3v) is 3.91. The van der Waals surface area contributed by atoms with Gasteiger partial charge in [0, 0.05) is 18.5 Å². The van der Waals surface area contributed by atoms with Crippen LogP contribution in [0.25, 0.3) is 0 Å². The molecule has 1 aromatic rings. The third kappa shape index (κ3) is 3.88. The van der Waals surface area contributed by atoms with Crippen LogP contribution in [0.4, 0.5) is 5.69 Å². The van der Waals surface area contributed by atoms with Gasteiger partial charge in [-0.15, -0.1) is 0 Å². The summed E-state index contributed by atoms with van der Waals surface area (Å²) in [5.74, 6) is -1.83. The van der Waals surface area contributed by atoms with Crippen molar-refractivity contribution in [3.63, 3.8) is 0 Å². The highest BCUT2D eigenvalue weighted by molar-refractivity contribution is 6.04. The molecule has 0 aromatic heterocycles. The number of hydrogen-bond donors (Lipinski definition) is 2. The van der Waals surface area contributed by atoms with E-state index in [0.717, 1.165) is 0 Å². The Hall–Kier alpha value is -2.37. The van der Waals surface area contributed by atoms with Gasteiger partial charge >= 0.3 is 5.97 Å². The number of anilines is 1. The molecule has 2 N–H and O–H groups in total. The third-order valence-electron chi connectivity index (χ3n) is 3.91. The number of hydrogen-bond acceptors (Lipinski definition) is 3. The van der Waals surface area contributed by atoms with Gasteiger partial charge in [0.2, 0.25) is 5.91 Å². The Bertz CT molecular complexity index is 634. The average Bonchev–Trinajstić information content (AvgIpc) is 2.96. The smallest absolute Gasteiger partial charge is 0.308 e. The van der Waals surface area contributed by atoms with Crippen molar-refractivity contribution in [1.82, 2.24) is 4.90 Å². The lowest BCUT2D eigenvalue weighted by atomic mass is 9.95. The second kappa shape index (κ2) is 6.40. The van der Waals surface area contributed by atoms with Crippen LogP contribution in [-0.2, 0) is 9.59 Å². The lowest BCUT2D eigenvalue weighted by molar-refractivity contribution is -0.141. The second-order valence-corrected chi connectivity index (χ2v) is 6.82. The molecule has 23 heavy (non-hydrogen) atoms. The summed E-state index contributed by atoms with van der Waals surface area (Å²) >= 11 is 0. The first-order valence-electron chi connectivity index (χ1n) is 7.62. The lowest BCUT2D eigenvalue weighted by Crippen LogP contribution is -2.32. The number of carbonyl (C=O) groups excluding carboxylic acids is 2. The number of aliphatic carboxylic acids is 1. The molecule has 1 saturated heterocycles. The Kier molecular flexibility index (Phi) is 4.73. The number of carbonyl (C=O) groups is 3. The first-order chi connectivity index (χ1) is 10.7. The van der Waals surface area contributed by atoms with Gasteiger partial charge in [-0.05, 0) is 18.6 Å². The van der Waals surface area contributed by atoms with Gasteiger partial charge in [0.05, 0.1) is 17.2 Å². The summed E-state index contributed by atoms with van der Waals surface area (Å²) in [6, 6.07) is 6.81. The lowest BCUT2D eigenvalue weighted by Gasteiger charge is -2.21. The molecular formula is C17H22N2O4. The number of nitrogens with one attached hydrogen (secondary N) is 1. The molecule has 0 bridgehead atoms. The van der Waals surface area contributed by atoms with Crippen molar-refractivity contribution in [2.45, 2.75) is 27.2 Å². The predicted molar refractivity (Wildman–Crippen MR) is 86.2 cm³/mol. The van der Waals surface area contributed by atoms with Gasteiger partial charge in [-0.25, -0.2) is 0 Å². The van der Waals surface area contributed by atoms with Crippen LogP contribution in [0.5, 0.6) is 0 Å². The molecule has 0 aliphatic carbocycles. The highest BCUT2D eigenvalue weighted by Gasteiger charge is 2.32. The fourth-order valence-corrected chi connectivity index (χ4v) is 2.41. The minimum absolute atomic E-state index is 0.178. The van der Waals surface area contributed by atoms with Gasteiger partial charge in [0.25, 0.3) is 5.91 Å². The summed E-state index contributed by atoms with van der Waals surface area (Å²) in [5.41, 5.74) is 0.269. The fraction of sp³-hybridized carbons (Fsp3) is 0.471. The first-order valence-corrected chi connectivity index (χ1v) is 7.62. The van der Waals surface area contributed by atoms with E-state index in [1.54, 1.807) is 45.0 Å². The second-order valence-electron chi connectivity index (χ2n) is 6.82. The van der Waals surface area contributed by atoms with E-state index in [0.29, 0.717) is 24.2 Å². The fourth-order valence-electron chi connectivity index (χ4n) is 2.41. The number of para-hydroxylation sites is 1. The van der Waals surface area contributed by atoms with E-state index in [4.69, 9.17) is 5.11 Å². The van der Waals surface area contributed by atoms with E-state index >= 15 is 0 Å². The quantitative estimate of drug-likeness (QED) is 0.894. The molecule has 1 unspecified atom stereocenters. The number of likely N-dealkylation sites (tertiary alicyclic amines) is 1. The van der Waals surface area contributed by atoms with E-state index in [1.807, 2.05) is 0 Å². The SMILES string of the molecule is CC(C)(C)C(=O)Nc1ccccc1C(=O)N1CCC(C(=O)O)C1. The van der Waals surface area contributed by atoms with Gasteiger partial charge in [-0.2, -0.15) is 0 Å². The number of nitrogens with zero attached hydrogens (tertiary/aromatic N) is 1. The topological polar surface area (TPSA) is 86.7 Å². The van der Waals surface area contributed by atoms with Crippen molar-refractivity contribution < 1.29 is 19.5 Å². The standard InChI is InChI=1S/C17H22N2O4/c1-17(2,3)16(23)18-13-7-5-4-6-12(13)14(20)19-9-8-11(10-19)15(21)22/h4-7,11H,8-10H2,1-3H3,(H,18,23)(H,21,22). The number of carboxylic acids is 1. The molecule has 1 heterocycles. The van der Waals surface area contributed by atoms with Crippen LogP contribution in [0.15, 0.2) is 24.3 Å². The number of benzene rings is 1. The Morgan fingerprint density at radius 2 is 1.87 bits per heavy atom. The van der Waals surface area contributed by atoms with Gasteiger partial charge in [-0.3, -0.25) is 14.4 Å². The summed E-state index contributed by atoms with van der Waals surface area (Å²) in [5, 5.41) is 11.8. The molecule has 1 aliphatic rings. The normalized spacial score (nSPS) is 17.9. The first kappa shape index (κ1) is 17.0. The van der Waals surface area contributed by atoms with Gasteiger partial charge in [-0.1, -0.05) is 32.9 Å². The molecule has 1 aromatic carbocycles. The molecule has 0 saturated carbocycles. The summed E-state index contributed by atoms with van der Waals surface area (Å²) in [4.78, 5) is 37.4. The molecule has 1 atom stereocenters. The van der Waals surface area contributed by atoms with Crippen molar-refractivity contribution in [3.8, 4) is 0 Å². The maximum absolute atomic E-state index is 12.6. The van der Waals surface area contributed by atoms with Gasteiger partial charge in [0.15, 0.2) is 0 Å². The van der Waals surface area contributed by atoms with Crippen LogP contribution in [-0.4, -0.2) is 40.9 Å². The van der Waals surface area contributed by atoms with Crippen molar-refractivity contribution in [1.29, 1.82) is 0 Å². The monoisotopic (exact) mass is 318 g/mol. The zero-order valence-corrected chi connectivity index (χ0v) is 13.6. The van der Waals surface area contributed by atoms with Gasteiger partial charge in [0.1, 0.15) is 0 Å². The summed E-state index contributed by atoms with van der Waals surface area (Å²) in [7, 11) is 0. The van der Waals surface area contributed by atoms with Crippen molar-refractivity contribution in [2.24, 2.45) is 11.3 Å². The van der Waals surface area contributed by atoms with Crippen LogP contribution in [0.2, 0.25) is 0 Å². The Morgan fingerprint density at radius 3 is 2.43 bits per heavy atom. The molecule has 2 amide bonds. The molecule has 0 radical (unpaired) electrons. The molecule has 0 spiro atoms. The highest BCUT2D eigenvalue weighted by atomic mass is 16.4. The minimum Gasteiger partial charge on any atom is -0.481 e. The van der Waals surface area contributed by atoms with E-state index < -0.39 is 17.3 Å². The molecular weight excluding hydrogens is 296 g/mol. The van der Waals surface area contributed by atoms with Crippen LogP contribution in [0.1, 0.15) is 37.6 Å². The van der Waals surface area contributed by atoms with Crippen molar-refractivity contribution in [3.05, 3.63) is 29.8 Å². The molecule has 6 nitrogen and oxygen atoms in total. The van der Waals surface area contributed by atoms with Crippen LogP contribution in [0.3, 0.4) is 0 Å². The Morgan fingerprint density at radius 1 is 1.22 bits per heavy atom. The molecule has 1 aliphatic heterocycles. The van der Waals surface area contributed by atoms with Crippen LogP contribution < -0.4 is 5.32 Å². The zero-order valence-electron chi connectivity index (χ0n) is 13.6.